The van der Waals surface area contributed by atoms with E-state index in [1.807, 2.05) is 78.9 Å². The van der Waals surface area contributed by atoms with E-state index in [1.165, 1.54) is 0 Å². The van der Waals surface area contributed by atoms with Gasteiger partial charge >= 0.3 is 0 Å². The highest BCUT2D eigenvalue weighted by Gasteiger charge is 2.21. The lowest BCUT2D eigenvalue weighted by atomic mass is 9.90. The lowest BCUT2D eigenvalue weighted by Crippen LogP contribution is -2.01. The third-order valence-electron chi connectivity index (χ3n) is 9.60. The summed E-state index contributed by atoms with van der Waals surface area (Å²) in [5.41, 5.74) is 10.9. The summed E-state index contributed by atoms with van der Waals surface area (Å²) in [4.78, 5) is 0. The van der Waals surface area contributed by atoms with Gasteiger partial charge in [0, 0.05) is 32.8 Å². The van der Waals surface area contributed by atoms with Gasteiger partial charge in [-0.15, -0.1) is 0 Å². The first kappa shape index (κ1) is 28.8. The van der Waals surface area contributed by atoms with Crippen molar-refractivity contribution in [3.05, 3.63) is 168 Å². The summed E-state index contributed by atoms with van der Waals surface area (Å²) >= 11 is 0. The monoisotopic (exact) mass is 635 g/mol. The van der Waals surface area contributed by atoms with Crippen LogP contribution in [0.2, 0.25) is 0 Å². The molecule has 0 N–H and O–H groups in total. The number of fused-ring (bicyclic) bond motifs is 6. The first-order valence-corrected chi connectivity index (χ1v) is 16.3. The van der Waals surface area contributed by atoms with Gasteiger partial charge in [-0.3, -0.25) is 0 Å². The van der Waals surface area contributed by atoms with Crippen molar-refractivity contribution >= 4 is 43.6 Å². The predicted molar refractivity (Wildman–Crippen MR) is 200 cm³/mol. The smallest absolute Gasteiger partial charge is 0.0998 e. The van der Waals surface area contributed by atoms with Crippen molar-refractivity contribution in [2.45, 2.75) is 0 Å². The summed E-state index contributed by atoms with van der Waals surface area (Å²) in [7, 11) is 0. The van der Waals surface area contributed by atoms with Crippen molar-refractivity contribution in [1.82, 2.24) is 9.13 Å². The lowest BCUT2D eigenvalue weighted by Gasteiger charge is -2.19. The van der Waals surface area contributed by atoms with E-state index in [1.54, 1.807) is 0 Å². The van der Waals surface area contributed by atoms with Crippen LogP contribution in [0.15, 0.2) is 152 Å². The minimum absolute atomic E-state index is 0.517. The highest BCUT2D eigenvalue weighted by atomic mass is 15.0. The van der Waals surface area contributed by atoms with E-state index in [2.05, 4.69) is 100 Å². The summed E-state index contributed by atoms with van der Waals surface area (Å²) in [6.45, 7) is 0. The zero-order valence-electron chi connectivity index (χ0n) is 26.7. The minimum Gasteiger partial charge on any atom is -0.309 e. The Bertz CT molecular complexity index is 2920. The highest BCUT2D eigenvalue weighted by molar-refractivity contribution is 6.11. The minimum atomic E-state index is 0.517. The largest absolute Gasteiger partial charge is 0.309 e. The van der Waals surface area contributed by atoms with Gasteiger partial charge in [0.05, 0.1) is 62.7 Å². The van der Waals surface area contributed by atoms with E-state index in [-0.39, 0.29) is 0 Å². The molecule has 0 unspecified atom stereocenters. The maximum atomic E-state index is 10.6. The molecule has 0 amide bonds. The second-order valence-electron chi connectivity index (χ2n) is 12.3. The number of nitriles is 3. The molecule has 5 heteroatoms. The summed E-state index contributed by atoms with van der Waals surface area (Å²) in [6.07, 6.45) is 0. The van der Waals surface area contributed by atoms with Gasteiger partial charge in [0.25, 0.3) is 0 Å². The molecule has 0 aliphatic heterocycles. The zero-order chi connectivity index (χ0) is 33.8. The van der Waals surface area contributed by atoms with E-state index in [9.17, 15) is 15.8 Å². The molecule has 0 aliphatic carbocycles. The Balaban J connectivity index is 1.32. The summed E-state index contributed by atoms with van der Waals surface area (Å²) < 4.78 is 4.41. The van der Waals surface area contributed by atoms with Crippen molar-refractivity contribution in [2.24, 2.45) is 0 Å². The van der Waals surface area contributed by atoms with Gasteiger partial charge < -0.3 is 9.13 Å². The number of hydrogen-bond donors (Lipinski definition) is 0. The van der Waals surface area contributed by atoms with Crippen LogP contribution >= 0.6 is 0 Å². The van der Waals surface area contributed by atoms with Gasteiger partial charge in [-0.1, -0.05) is 84.9 Å². The van der Waals surface area contributed by atoms with Crippen molar-refractivity contribution in [1.29, 1.82) is 15.8 Å². The fraction of sp³-hybridized carbons (Fsp3) is 0. The predicted octanol–water partition coefficient (Wildman–Crippen LogP) is 10.8. The molecule has 5 nitrogen and oxygen atoms in total. The SMILES string of the molecule is N#Cc1cc(-c2ccccc2-c2c(C#N)cccc2-n2c3ccccc3c3ccccc32)cc(-n2c3ccccc3c3cc(C#N)ccc32)c1. The third kappa shape index (κ3) is 4.31. The number of aromatic nitrogens is 2. The zero-order valence-corrected chi connectivity index (χ0v) is 26.7. The topological polar surface area (TPSA) is 81.2 Å². The number of benzene rings is 7. The summed E-state index contributed by atoms with van der Waals surface area (Å²) in [5.74, 6) is 0. The maximum absolute atomic E-state index is 10.6. The Labute approximate surface area is 287 Å². The van der Waals surface area contributed by atoms with E-state index >= 15 is 0 Å². The van der Waals surface area contributed by atoms with Gasteiger partial charge in [0.15, 0.2) is 0 Å². The standard InChI is InChI=1S/C45H25N5/c46-26-29-20-21-43-39(24-29)37-14-5-6-16-40(37)49(43)33-23-30(27-47)22-32(25-33)34-11-1-2-15-38(34)45-31(28-48)10-9-19-44(45)50-41-17-7-3-12-35(41)36-13-4-8-18-42(36)50/h1-25H. The molecule has 0 spiro atoms. The lowest BCUT2D eigenvalue weighted by molar-refractivity contribution is 1.17. The number of rotatable bonds is 4. The van der Waals surface area contributed by atoms with E-state index < -0.39 is 0 Å². The van der Waals surface area contributed by atoms with Crippen LogP contribution in [0.25, 0.3) is 77.2 Å². The van der Waals surface area contributed by atoms with Crippen LogP contribution < -0.4 is 0 Å². The molecule has 9 rings (SSSR count). The Morgan fingerprint density at radius 3 is 1.64 bits per heavy atom. The molecule has 0 saturated heterocycles. The molecule has 7 aromatic carbocycles. The van der Waals surface area contributed by atoms with Gasteiger partial charge in [-0.25, -0.2) is 0 Å². The molecule has 0 bridgehead atoms. The van der Waals surface area contributed by atoms with Crippen LogP contribution in [0.4, 0.5) is 0 Å². The first-order valence-electron chi connectivity index (χ1n) is 16.3. The number of nitrogens with zero attached hydrogens (tertiary/aromatic N) is 5. The van der Waals surface area contributed by atoms with Gasteiger partial charge in [0.2, 0.25) is 0 Å². The van der Waals surface area contributed by atoms with Gasteiger partial charge in [-0.05, 0) is 83.4 Å². The molecule has 230 valence electrons. The Morgan fingerprint density at radius 1 is 0.400 bits per heavy atom. The van der Waals surface area contributed by atoms with Crippen LogP contribution in [0.3, 0.4) is 0 Å². The van der Waals surface area contributed by atoms with Gasteiger partial charge in [-0.2, -0.15) is 15.8 Å². The molecule has 0 aliphatic rings. The molecular weight excluding hydrogens is 611 g/mol. The molecular formula is C45H25N5. The van der Waals surface area contributed by atoms with E-state index in [0.717, 1.165) is 77.2 Å². The Kier molecular flexibility index (Phi) is 6.56. The van der Waals surface area contributed by atoms with Crippen LogP contribution in [-0.2, 0) is 0 Å². The van der Waals surface area contributed by atoms with Crippen LogP contribution in [0, 0.1) is 34.0 Å². The average molecular weight is 636 g/mol. The average Bonchev–Trinajstić information content (AvgIpc) is 3.70. The summed E-state index contributed by atoms with van der Waals surface area (Å²) in [6, 6.07) is 57.7. The van der Waals surface area contributed by atoms with Crippen molar-refractivity contribution < 1.29 is 0 Å². The molecule has 9 aromatic rings. The fourth-order valence-electron chi connectivity index (χ4n) is 7.52. The van der Waals surface area contributed by atoms with Gasteiger partial charge in [0.1, 0.15) is 0 Å². The second kappa shape index (κ2) is 11.4. The summed E-state index contributed by atoms with van der Waals surface area (Å²) in [5, 5.41) is 34.8. The van der Waals surface area contributed by atoms with Crippen molar-refractivity contribution in [2.75, 3.05) is 0 Å². The molecule has 2 aromatic heterocycles. The molecule has 50 heavy (non-hydrogen) atoms. The quantitative estimate of drug-likeness (QED) is 0.193. The Hall–Kier alpha value is -7.39. The first-order chi connectivity index (χ1) is 24.7. The molecule has 0 atom stereocenters. The van der Waals surface area contributed by atoms with Crippen LogP contribution in [0.5, 0.6) is 0 Å². The van der Waals surface area contributed by atoms with Crippen molar-refractivity contribution in [3.63, 3.8) is 0 Å². The third-order valence-corrected chi connectivity index (χ3v) is 9.60. The molecule has 2 heterocycles. The normalized spacial score (nSPS) is 11.1. The fourth-order valence-corrected chi connectivity index (χ4v) is 7.52. The number of para-hydroxylation sites is 3. The second-order valence-corrected chi connectivity index (χ2v) is 12.3. The van der Waals surface area contributed by atoms with Crippen LogP contribution in [-0.4, -0.2) is 9.13 Å². The number of hydrogen-bond acceptors (Lipinski definition) is 3. The molecule has 0 fully saturated rings. The highest BCUT2D eigenvalue weighted by Crippen LogP contribution is 2.42. The maximum Gasteiger partial charge on any atom is 0.0998 e. The van der Waals surface area contributed by atoms with Crippen molar-refractivity contribution in [3.8, 4) is 51.8 Å². The van der Waals surface area contributed by atoms with E-state index in [4.69, 9.17) is 0 Å². The van der Waals surface area contributed by atoms with E-state index in [0.29, 0.717) is 16.7 Å². The van der Waals surface area contributed by atoms with Crippen LogP contribution in [0.1, 0.15) is 16.7 Å². The molecule has 0 saturated carbocycles. The Morgan fingerprint density at radius 2 is 0.980 bits per heavy atom. The molecule has 0 radical (unpaired) electrons.